The van der Waals surface area contributed by atoms with Crippen LogP contribution >= 0.6 is 0 Å². The molecule has 1 aliphatic rings. The highest BCUT2D eigenvalue weighted by Gasteiger charge is 2.33. The minimum atomic E-state index is -0.241. The van der Waals surface area contributed by atoms with E-state index in [-0.39, 0.29) is 23.4 Å². The first-order chi connectivity index (χ1) is 15.0. The van der Waals surface area contributed by atoms with E-state index in [1.54, 1.807) is 0 Å². The Hall–Kier alpha value is -2.68. The second-order valence-corrected chi connectivity index (χ2v) is 11.3. The lowest BCUT2D eigenvalue weighted by Gasteiger charge is -2.35. The van der Waals surface area contributed by atoms with Crippen LogP contribution < -0.4 is 0 Å². The van der Waals surface area contributed by atoms with Gasteiger partial charge in [0, 0.05) is 11.1 Å². The molecular weight excluding hydrogens is 394 g/mol. The maximum Gasteiger partial charge on any atom is 0.339 e. The van der Waals surface area contributed by atoms with Gasteiger partial charge in [-0.15, -0.1) is 0 Å². The van der Waals surface area contributed by atoms with Crippen LogP contribution in [0.25, 0.3) is 10.9 Å². The van der Waals surface area contributed by atoms with Crippen molar-refractivity contribution in [3.05, 3.63) is 76.5 Å². The summed E-state index contributed by atoms with van der Waals surface area (Å²) in [6, 6.07) is 16.3. The lowest BCUT2D eigenvalue weighted by Crippen LogP contribution is -2.29. The number of benzene rings is 2. The van der Waals surface area contributed by atoms with Crippen molar-refractivity contribution in [1.29, 1.82) is 0 Å². The zero-order chi connectivity index (χ0) is 23.1. The summed E-state index contributed by atoms with van der Waals surface area (Å²) in [5, 5.41) is 0.897. The number of aromatic nitrogens is 1. The highest BCUT2D eigenvalue weighted by atomic mass is 16.5. The van der Waals surface area contributed by atoms with E-state index in [1.165, 1.54) is 5.56 Å². The zero-order valence-corrected chi connectivity index (χ0v) is 20.3. The standard InChI is InChI=1S/C29H35NO2/c1-28(2,3)20-13-11-19(12-14-20)18-32-27(31)26-22-9-7-8-10-24(22)30-25-16-15-21(17-23(25)26)29(4,5)6/h7-14,21H,15-18H2,1-6H3. The van der Waals surface area contributed by atoms with Crippen LogP contribution in [0.2, 0.25) is 0 Å². The number of ether oxygens (including phenoxy) is 1. The second-order valence-electron chi connectivity index (χ2n) is 11.3. The molecule has 0 amide bonds. The molecule has 3 aromatic rings. The third kappa shape index (κ3) is 4.57. The zero-order valence-electron chi connectivity index (χ0n) is 20.3. The van der Waals surface area contributed by atoms with Gasteiger partial charge in [0.1, 0.15) is 6.61 Å². The van der Waals surface area contributed by atoms with Gasteiger partial charge in [-0.25, -0.2) is 4.79 Å². The molecule has 0 N–H and O–H groups in total. The van der Waals surface area contributed by atoms with Gasteiger partial charge < -0.3 is 4.74 Å². The van der Waals surface area contributed by atoms with E-state index in [4.69, 9.17) is 9.72 Å². The SMILES string of the molecule is CC(C)(C)c1ccc(COC(=O)c2c3c(nc4ccccc24)CCC(C(C)(C)C)C3)cc1. The van der Waals surface area contributed by atoms with Crippen molar-refractivity contribution < 1.29 is 9.53 Å². The number of pyridine rings is 1. The Labute approximate surface area is 192 Å². The number of esters is 1. The molecule has 1 atom stereocenters. The van der Waals surface area contributed by atoms with Crippen molar-refractivity contribution in [2.24, 2.45) is 11.3 Å². The van der Waals surface area contributed by atoms with Crippen molar-refractivity contribution in [3.63, 3.8) is 0 Å². The number of fused-ring (bicyclic) bond motifs is 2. The van der Waals surface area contributed by atoms with Crippen LogP contribution in [0.4, 0.5) is 0 Å². The highest BCUT2D eigenvalue weighted by Crippen LogP contribution is 2.39. The third-order valence-electron chi connectivity index (χ3n) is 6.88. The lowest BCUT2D eigenvalue weighted by molar-refractivity contribution is 0.0472. The van der Waals surface area contributed by atoms with Crippen LogP contribution in [-0.2, 0) is 29.6 Å². The van der Waals surface area contributed by atoms with Crippen LogP contribution in [0.5, 0.6) is 0 Å². The van der Waals surface area contributed by atoms with Crippen LogP contribution in [0.3, 0.4) is 0 Å². The van der Waals surface area contributed by atoms with Gasteiger partial charge in [-0.05, 0) is 58.8 Å². The van der Waals surface area contributed by atoms with E-state index < -0.39 is 0 Å². The quantitative estimate of drug-likeness (QED) is 0.419. The van der Waals surface area contributed by atoms with Gasteiger partial charge in [-0.1, -0.05) is 84.0 Å². The lowest BCUT2D eigenvalue weighted by atomic mass is 9.70. The minimum absolute atomic E-state index is 0.105. The molecular formula is C29H35NO2. The summed E-state index contributed by atoms with van der Waals surface area (Å²) >= 11 is 0. The highest BCUT2D eigenvalue weighted by molar-refractivity contribution is 6.05. The molecule has 3 nitrogen and oxygen atoms in total. The Morgan fingerprint density at radius 1 is 1.00 bits per heavy atom. The number of carbonyl (C=O) groups is 1. The van der Waals surface area contributed by atoms with Crippen LogP contribution in [0, 0.1) is 11.3 Å². The average Bonchev–Trinajstić information content (AvgIpc) is 2.74. The van der Waals surface area contributed by atoms with E-state index in [2.05, 4.69) is 65.8 Å². The maximum atomic E-state index is 13.4. The molecule has 168 valence electrons. The van der Waals surface area contributed by atoms with Gasteiger partial charge in [0.2, 0.25) is 0 Å². The molecule has 1 heterocycles. The number of carbonyl (C=O) groups excluding carboxylic acids is 1. The van der Waals surface area contributed by atoms with Gasteiger partial charge in [0.15, 0.2) is 0 Å². The Balaban J connectivity index is 1.65. The third-order valence-corrected chi connectivity index (χ3v) is 6.88. The number of hydrogen-bond donors (Lipinski definition) is 0. The number of para-hydroxylation sites is 1. The maximum absolute atomic E-state index is 13.4. The molecule has 1 unspecified atom stereocenters. The number of rotatable bonds is 3. The molecule has 3 heteroatoms. The first-order valence-electron chi connectivity index (χ1n) is 11.7. The average molecular weight is 430 g/mol. The Bertz CT molecular complexity index is 1130. The minimum Gasteiger partial charge on any atom is -0.457 e. The predicted molar refractivity (Wildman–Crippen MR) is 131 cm³/mol. The van der Waals surface area contributed by atoms with Crippen LogP contribution in [0.15, 0.2) is 48.5 Å². The molecule has 0 saturated heterocycles. The van der Waals surface area contributed by atoms with Crippen molar-refractivity contribution in [1.82, 2.24) is 4.98 Å². The largest absolute Gasteiger partial charge is 0.457 e. The molecule has 0 fully saturated rings. The first-order valence-corrected chi connectivity index (χ1v) is 11.7. The van der Waals surface area contributed by atoms with Gasteiger partial charge in [-0.2, -0.15) is 0 Å². The van der Waals surface area contributed by atoms with E-state index in [9.17, 15) is 4.79 Å². The van der Waals surface area contributed by atoms with Crippen molar-refractivity contribution in [3.8, 4) is 0 Å². The summed E-state index contributed by atoms with van der Waals surface area (Å²) in [4.78, 5) is 18.4. The first kappa shape index (κ1) is 22.5. The van der Waals surface area contributed by atoms with Crippen molar-refractivity contribution in [2.45, 2.75) is 72.8 Å². The predicted octanol–water partition coefficient (Wildman–Crippen LogP) is 7.04. The fourth-order valence-electron chi connectivity index (χ4n) is 4.68. The molecule has 32 heavy (non-hydrogen) atoms. The van der Waals surface area contributed by atoms with Gasteiger partial charge in [0.05, 0.1) is 11.1 Å². The molecule has 0 spiro atoms. The summed E-state index contributed by atoms with van der Waals surface area (Å²) in [5.41, 5.74) is 6.32. The molecule has 1 aliphatic carbocycles. The Morgan fingerprint density at radius 3 is 2.34 bits per heavy atom. The number of aryl methyl sites for hydroxylation is 1. The molecule has 0 saturated carbocycles. The normalized spacial score (nSPS) is 16.6. The van der Waals surface area contributed by atoms with Crippen molar-refractivity contribution in [2.75, 3.05) is 0 Å². The van der Waals surface area contributed by atoms with E-state index in [0.717, 1.165) is 47.0 Å². The fourth-order valence-corrected chi connectivity index (χ4v) is 4.68. The van der Waals surface area contributed by atoms with Crippen LogP contribution in [-0.4, -0.2) is 11.0 Å². The summed E-state index contributed by atoms with van der Waals surface area (Å²) in [6.07, 6.45) is 2.90. The Kier molecular flexibility index (Phi) is 5.87. The van der Waals surface area contributed by atoms with E-state index in [0.29, 0.717) is 11.5 Å². The summed E-state index contributed by atoms with van der Waals surface area (Å²) in [7, 11) is 0. The van der Waals surface area contributed by atoms with E-state index >= 15 is 0 Å². The molecule has 1 aromatic heterocycles. The smallest absolute Gasteiger partial charge is 0.339 e. The topological polar surface area (TPSA) is 39.2 Å². The second kappa shape index (κ2) is 8.35. The van der Waals surface area contributed by atoms with Gasteiger partial charge in [0.25, 0.3) is 0 Å². The summed E-state index contributed by atoms with van der Waals surface area (Å²) < 4.78 is 5.87. The molecule has 0 radical (unpaired) electrons. The van der Waals surface area contributed by atoms with Gasteiger partial charge in [-0.3, -0.25) is 4.98 Å². The molecule has 2 aromatic carbocycles. The fraction of sp³-hybridized carbons (Fsp3) is 0.448. The van der Waals surface area contributed by atoms with Crippen molar-refractivity contribution >= 4 is 16.9 Å². The molecule has 4 rings (SSSR count). The Morgan fingerprint density at radius 2 is 1.69 bits per heavy atom. The summed E-state index contributed by atoms with van der Waals surface area (Å²) in [6.45, 7) is 13.7. The molecule has 0 bridgehead atoms. The monoisotopic (exact) mass is 429 g/mol. The van der Waals surface area contributed by atoms with Gasteiger partial charge >= 0.3 is 5.97 Å². The van der Waals surface area contributed by atoms with E-state index in [1.807, 2.05) is 24.3 Å². The number of hydrogen-bond acceptors (Lipinski definition) is 3. The van der Waals surface area contributed by atoms with Crippen LogP contribution in [0.1, 0.15) is 80.7 Å². The summed E-state index contributed by atoms with van der Waals surface area (Å²) in [5.74, 6) is 0.281. The molecule has 0 aliphatic heterocycles. The number of nitrogens with zero attached hydrogens (tertiary/aromatic N) is 1.